The van der Waals surface area contributed by atoms with Crippen LogP contribution in [0.25, 0.3) is 0 Å². The van der Waals surface area contributed by atoms with Gasteiger partial charge in [-0.15, -0.1) is 0 Å². The molecule has 1 aliphatic rings. The van der Waals surface area contributed by atoms with Gasteiger partial charge in [-0.1, -0.05) is 48.5 Å². The molecule has 32 heavy (non-hydrogen) atoms. The molecule has 2 aromatic rings. The van der Waals surface area contributed by atoms with Crippen molar-refractivity contribution >= 4 is 15.8 Å². The molecule has 1 heterocycles. The van der Waals surface area contributed by atoms with Crippen molar-refractivity contribution in [1.82, 2.24) is 5.32 Å². The second-order valence-corrected chi connectivity index (χ2v) is 11.2. The summed E-state index contributed by atoms with van der Waals surface area (Å²) in [5.74, 6) is -3.70. The van der Waals surface area contributed by atoms with Gasteiger partial charge in [-0.05, 0) is 45.4 Å². The van der Waals surface area contributed by atoms with Crippen LogP contribution in [0.2, 0.25) is 0 Å². The lowest BCUT2D eigenvalue weighted by Crippen LogP contribution is -2.57. The number of carbonyl (C=O) groups is 1. The highest BCUT2D eigenvalue weighted by Gasteiger charge is 2.69. The van der Waals surface area contributed by atoms with Gasteiger partial charge in [0, 0.05) is 0 Å². The Hall–Kier alpha value is -2.39. The van der Waals surface area contributed by atoms with Gasteiger partial charge in [-0.25, -0.2) is 8.42 Å². The first kappa shape index (κ1) is 24.3. The normalized spacial score (nSPS) is 26.7. The van der Waals surface area contributed by atoms with Gasteiger partial charge in [0.15, 0.2) is 9.84 Å². The lowest BCUT2D eigenvalue weighted by Gasteiger charge is -2.35. The highest BCUT2D eigenvalue weighted by molar-refractivity contribution is 7.92. The molecule has 2 aromatic carbocycles. The summed E-state index contributed by atoms with van der Waals surface area (Å²) in [5, 5.41) is 0.733. The molecule has 1 fully saturated rings. The Kier molecular flexibility index (Phi) is 6.21. The predicted molar refractivity (Wildman–Crippen MR) is 114 cm³/mol. The van der Waals surface area contributed by atoms with Crippen molar-refractivity contribution in [2.75, 3.05) is 0 Å². The third-order valence-electron chi connectivity index (χ3n) is 5.50. The molecule has 0 aromatic heterocycles. The Morgan fingerprint density at radius 2 is 1.47 bits per heavy atom. The summed E-state index contributed by atoms with van der Waals surface area (Å²) in [6.07, 6.45) is -5.01. The first-order valence-corrected chi connectivity index (χ1v) is 11.6. The minimum Gasteiger partial charge on any atom is -0.459 e. The van der Waals surface area contributed by atoms with Crippen molar-refractivity contribution in [2.24, 2.45) is 5.92 Å². The number of sulfone groups is 1. The number of nitrogens with one attached hydrogen (secondary N) is 1. The molecule has 5 nitrogen and oxygen atoms in total. The van der Waals surface area contributed by atoms with Crippen LogP contribution >= 0.6 is 0 Å². The van der Waals surface area contributed by atoms with Crippen LogP contribution in [0.15, 0.2) is 65.6 Å². The monoisotopic (exact) mass is 469 g/mol. The Morgan fingerprint density at radius 3 is 1.94 bits per heavy atom. The summed E-state index contributed by atoms with van der Waals surface area (Å²) < 4.78 is 76.0. The topological polar surface area (TPSA) is 72.5 Å². The van der Waals surface area contributed by atoms with Crippen molar-refractivity contribution in [3.05, 3.63) is 66.2 Å². The van der Waals surface area contributed by atoms with Crippen LogP contribution in [0.1, 0.15) is 39.3 Å². The van der Waals surface area contributed by atoms with E-state index < -0.39 is 50.3 Å². The van der Waals surface area contributed by atoms with Crippen molar-refractivity contribution in [2.45, 2.75) is 61.2 Å². The van der Waals surface area contributed by atoms with Crippen LogP contribution in [0.5, 0.6) is 0 Å². The molecule has 0 spiro atoms. The molecule has 9 heteroatoms. The zero-order valence-electron chi connectivity index (χ0n) is 18.2. The average molecular weight is 470 g/mol. The SMILES string of the molecule is CC(C)(C)OC(=O)[C@]1(C)N[C@H](c2ccccc2)[C@@H](S(=O)(=O)c2ccccc2)[C@@H]1C(F)(F)F. The third kappa shape index (κ3) is 4.54. The fourth-order valence-electron chi connectivity index (χ4n) is 4.16. The van der Waals surface area contributed by atoms with Crippen molar-refractivity contribution in [3.8, 4) is 0 Å². The number of alkyl halides is 3. The quantitative estimate of drug-likeness (QED) is 0.670. The molecule has 0 amide bonds. The van der Waals surface area contributed by atoms with E-state index >= 15 is 0 Å². The summed E-state index contributed by atoms with van der Waals surface area (Å²) in [4.78, 5) is 12.8. The zero-order chi connectivity index (χ0) is 23.9. The van der Waals surface area contributed by atoms with E-state index in [2.05, 4.69) is 5.32 Å². The summed E-state index contributed by atoms with van der Waals surface area (Å²) in [6, 6.07) is 13.7. The number of ether oxygens (including phenoxy) is 1. The standard InChI is InChI=1S/C23H26F3NO4S/c1-21(2,3)31-20(28)22(4)19(23(24,25)26)18(17(27-22)15-11-7-5-8-12-15)32(29,30)16-13-9-6-10-14-16/h5-14,17-19,27H,1-4H3/t17-,18-,19+,22-/m1/s1. The predicted octanol–water partition coefficient (Wildman–Crippen LogP) is 4.45. The molecule has 4 atom stereocenters. The molecule has 1 N–H and O–H groups in total. The van der Waals surface area contributed by atoms with E-state index in [0.29, 0.717) is 5.56 Å². The van der Waals surface area contributed by atoms with E-state index in [4.69, 9.17) is 4.74 Å². The summed E-state index contributed by atoms with van der Waals surface area (Å²) in [7, 11) is -4.51. The van der Waals surface area contributed by atoms with Gasteiger partial charge in [0.25, 0.3) is 0 Å². The van der Waals surface area contributed by atoms with E-state index in [1.54, 1.807) is 57.2 Å². The van der Waals surface area contributed by atoms with Crippen molar-refractivity contribution < 1.29 is 31.1 Å². The van der Waals surface area contributed by atoms with Gasteiger partial charge in [0.2, 0.25) is 0 Å². The molecule has 1 aliphatic heterocycles. The minimum atomic E-state index is -5.01. The van der Waals surface area contributed by atoms with E-state index in [1.165, 1.54) is 24.3 Å². The fourth-order valence-corrected chi connectivity index (χ4v) is 6.38. The lowest BCUT2D eigenvalue weighted by molar-refractivity contribution is -0.200. The second kappa shape index (κ2) is 8.19. The summed E-state index contributed by atoms with van der Waals surface area (Å²) >= 11 is 0. The largest absolute Gasteiger partial charge is 0.459 e. The second-order valence-electron chi connectivity index (χ2n) is 9.08. The Balaban J connectivity index is 2.25. The molecular weight excluding hydrogens is 443 g/mol. The maximum atomic E-state index is 14.5. The number of halogens is 3. The summed E-state index contributed by atoms with van der Waals surface area (Å²) in [6.45, 7) is 5.69. The van der Waals surface area contributed by atoms with Crippen molar-refractivity contribution in [3.63, 3.8) is 0 Å². The first-order valence-electron chi connectivity index (χ1n) is 10.1. The fraction of sp³-hybridized carbons (Fsp3) is 0.435. The van der Waals surface area contributed by atoms with Gasteiger partial charge < -0.3 is 4.74 Å². The van der Waals surface area contributed by atoms with E-state index in [9.17, 15) is 26.4 Å². The maximum absolute atomic E-state index is 14.5. The van der Waals surface area contributed by atoms with Gasteiger partial charge >= 0.3 is 12.1 Å². The van der Waals surface area contributed by atoms with Crippen LogP contribution in [-0.4, -0.2) is 37.0 Å². The van der Waals surface area contributed by atoms with Crippen LogP contribution < -0.4 is 5.32 Å². The maximum Gasteiger partial charge on any atom is 0.395 e. The first-order chi connectivity index (χ1) is 14.7. The molecule has 3 rings (SSSR count). The minimum absolute atomic E-state index is 0.240. The lowest BCUT2D eigenvalue weighted by atomic mass is 9.85. The van der Waals surface area contributed by atoms with Crippen molar-refractivity contribution in [1.29, 1.82) is 0 Å². The number of benzene rings is 2. The van der Waals surface area contributed by atoms with Gasteiger partial charge in [-0.3, -0.25) is 10.1 Å². The zero-order valence-corrected chi connectivity index (χ0v) is 19.0. The highest BCUT2D eigenvalue weighted by Crippen LogP contribution is 2.51. The molecule has 174 valence electrons. The molecule has 0 bridgehead atoms. The average Bonchev–Trinajstić information content (AvgIpc) is 3.04. The molecular formula is C23H26F3NO4S. The summed E-state index contributed by atoms with van der Waals surface area (Å²) in [5.41, 5.74) is -3.05. The Morgan fingerprint density at radius 1 is 0.969 bits per heavy atom. The van der Waals surface area contributed by atoms with Crippen LogP contribution in [0.3, 0.4) is 0 Å². The van der Waals surface area contributed by atoms with Gasteiger partial charge in [-0.2, -0.15) is 13.2 Å². The number of hydrogen-bond acceptors (Lipinski definition) is 5. The molecule has 0 radical (unpaired) electrons. The van der Waals surface area contributed by atoms with Crippen LogP contribution in [0, 0.1) is 5.92 Å². The smallest absolute Gasteiger partial charge is 0.395 e. The van der Waals surface area contributed by atoms with E-state index in [1.807, 2.05) is 0 Å². The molecule has 0 saturated carbocycles. The molecule has 0 unspecified atom stereocenters. The highest BCUT2D eigenvalue weighted by atomic mass is 32.2. The van der Waals surface area contributed by atoms with Gasteiger partial charge in [0.05, 0.1) is 16.2 Å². The van der Waals surface area contributed by atoms with E-state index in [-0.39, 0.29) is 4.90 Å². The Bertz CT molecular complexity index is 1070. The van der Waals surface area contributed by atoms with Crippen LogP contribution in [-0.2, 0) is 19.4 Å². The molecule has 0 aliphatic carbocycles. The Labute approximate surface area is 185 Å². The van der Waals surface area contributed by atoms with E-state index in [0.717, 1.165) is 6.92 Å². The number of carbonyl (C=O) groups excluding carboxylic acids is 1. The van der Waals surface area contributed by atoms with Gasteiger partial charge in [0.1, 0.15) is 17.1 Å². The number of rotatable bonds is 4. The number of esters is 1. The third-order valence-corrected chi connectivity index (χ3v) is 7.69. The number of hydrogen-bond donors (Lipinski definition) is 1. The van der Waals surface area contributed by atoms with Crippen LogP contribution in [0.4, 0.5) is 13.2 Å². The molecule has 1 saturated heterocycles.